The molecule has 2 rings (SSSR count). The van der Waals surface area contributed by atoms with E-state index in [1.165, 1.54) is 11.1 Å². The molecule has 0 aromatic heterocycles. The fraction of sp³-hybridized carbons (Fsp3) is 0.357. The smallest absolute Gasteiger partial charge is 0.163 e. The van der Waals surface area contributed by atoms with Crippen LogP contribution in [0.15, 0.2) is 29.8 Å². The van der Waals surface area contributed by atoms with Crippen LogP contribution in [0.1, 0.15) is 37.3 Å². The van der Waals surface area contributed by atoms with Crippen molar-refractivity contribution < 1.29 is 4.79 Å². The number of carbonyl (C=O) groups is 1. The number of allylic oxidation sites excluding steroid dienone is 2. The van der Waals surface area contributed by atoms with Crippen molar-refractivity contribution in [1.82, 2.24) is 0 Å². The van der Waals surface area contributed by atoms with Gasteiger partial charge >= 0.3 is 0 Å². The molecule has 0 radical (unpaired) electrons. The molecule has 0 N–H and O–H groups in total. The lowest BCUT2D eigenvalue weighted by Crippen LogP contribution is -2.09. The maximum absolute atomic E-state index is 11.8. The zero-order chi connectivity index (χ0) is 10.8. The summed E-state index contributed by atoms with van der Waals surface area (Å²) in [6, 6.07) is 8.24. The number of benzene rings is 1. The van der Waals surface area contributed by atoms with Gasteiger partial charge in [-0.15, -0.1) is 0 Å². The van der Waals surface area contributed by atoms with Crippen molar-refractivity contribution in [3.8, 4) is 0 Å². The Labute approximate surface area is 90.8 Å². The van der Waals surface area contributed by atoms with Crippen LogP contribution in [0.25, 0.3) is 5.57 Å². The number of ketones is 1. The molecule has 0 aliphatic heterocycles. The minimum Gasteiger partial charge on any atom is -0.294 e. The molecule has 0 fully saturated rings. The molecule has 1 aromatic carbocycles. The number of rotatable bonds is 1. The summed E-state index contributed by atoms with van der Waals surface area (Å²) >= 11 is 0. The maximum atomic E-state index is 11.8. The Bertz CT molecular complexity index is 409. The van der Waals surface area contributed by atoms with Crippen LogP contribution in [0.2, 0.25) is 0 Å². The minimum atomic E-state index is 0.308. The van der Waals surface area contributed by atoms with Gasteiger partial charge in [0.25, 0.3) is 0 Å². The molecule has 1 nitrogen and oxygen atoms in total. The average molecular weight is 200 g/mol. The van der Waals surface area contributed by atoms with Crippen molar-refractivity contribution in [2.75, 3.05) is 0 Å². The Morgan fingerprint density at radius 1 is 1.00 bits per heavy atom. The quantitative estimate of drug-likeness (QED) is 0.678. The third-order valence-corrected chi connectivity index (χ3v) is 3.00. The van der Waals surface area contributed by atoms with Crippen molar-refractivity contribution in [2.45, 2.75) is 33.1 Å². The summed E-state index contributed by atoms with van der Waals surface area (Å²) in [7, 11) is 0. The third-order valence-electron chi connectivity index (χ3n) is 3.00. The molecule has 0 heterocycles. The monoisotopic (exact) mass is 200 g/mol. The molecule has 0 unspecified atom stereocenters. The van der Waals surface area contributed by atoms with Crippen LogP contribution in [0, 0.1) is 6.92 Å². The van der Waals surface area contributed by atoms with Crippen molar-refractivity contribution in [3.63, 3.8) is 0 Å². The molecule has 1 aliphatic carbocycles. The number of carbonyl (C=O) groups excluding carboxylic acids is 1. The lowest BCUT2D eigenvalue weighted by molar-refractivity contribution is -0.114. The number of aryl methyl sites for hydroxylation is 1. The summed E-state index contributed by atoms with van der Waals surface area (Å²) in [5.41, 5.74) is 4.53. The first kappa shape index (κ1) is 10.2. The summed E-state index contributed by atoms with van der Waals surface area (Å²) < 4.78 is 0. The van der Waals surface area contributed by atoms with Crippen LogP contribution in [0.4, 0.5) is 0 Å². The van der Waals surface area contributed by atoms with E-state index in [-0.39, 0.29) is 0 Å². The number of hydrogen-bond donors (Lipinski definition) is 0. The van der Waals surface area contributed by atoms with Crippen molar-refractivity contribution in [1.29, 1.82) is 0 Å². The van der Waals surface area contributed by atoms with E-state index in [2.05, 4.69) is 38.1 Å². The molecule has 0 spiro atoms. The first-order chi connectivity index (χ1) is 7.18. The fourth-order valence-corrected chi connectivity index (χ4v) is 2.13. The first-order valence-electron chi connectivity index (χ1n) is 5.48. The van der Waals surface area contributed by atoms with Crippen molar-refractivity contribution >= 4 is 11.4 Å². The van der Waals surface area contributed by atoms with Gasteiger partial charge in [0.2, 0.25) is 0 Å². The highest BCUT2D eigenvalue weighted by atomic mass is 16.1. The van der Waals surface area contributed by atoms with Gasteiger partial charge in [0.1, 0.15) is 0 Å². The largest absolute Gasteiger partial charge is 0.294 e. The predicted octanol–water partition coefficient (Wildman–Crippen LogP) is 3.52. The second-order valence-electron chi connectivity index (χ2n) is 4.30. The molecular weight excluding hydrogens is 184 g/mol. The van der Waals surface area contributed by atoms with Crippen LogP contribution < -0.4 is 0 Å². The van der Waals surface area contributed by atoms with Crippen LogP contribution in [-0.2, 0) is 4.79 Å². The summed E-state index contributed by atoms with van der Waals surface area (Å²) in [5, 5.41) is 0. The molecule has 1 aliphatic rings. The normalized spacial score (nSPS) is 17.1. The molecule has 0 atom stereocenters. The van der Waals surface area contributed by atoms with Gasteiger partial charge in [0.05, 0.1) is 0 Å². The highest BCUT2D eigenvalue weighted by Crippen LogP contribution is 2.29. The number of hydrogen-bond acceptors (Lipinski definition) is 1. The van der Waals surface area contributed by atoms with Gasteiger partial charge in [-0.2, -0.15) is 0 Å². The second kappa shape index (κ2) is 4.01. The average Bonchev–Trinajstić information content (AvgIpc) is 2.20. The zero-order valence-corrected chi connectivity index (χ0v) is 9.34. The first-order valence-corrected chi connectivity index (χ1v) is 5.48. The molecule has 0 bridgehead atoms. The van der Waals surface area contributed by atoms with Gasteiger partial charge in [-0.25, -0.2) is 0 Å². The summed E-state index contributed by atoms with van der Waals surface area (Å²) in [6.07, 6.45) is 2.79. The van der Waals surface area contributed by atoms with E-state index in [0.717, 1.165) is 24.0 Å². The Morgan fingerprint density at radius 2 is 1.67 bits per heavy atom. The van der Waals surface area contributed by atoms with E-state index >= 15 is 0 Å². The standard InChI is InChI=1S/C14H16O/c1-10-6-8-12(9-7-10)14-11(2)4-3-5-13(14)15/h6-9H,3-5H2,1-2H3. The van der Waals surface area contributed by atoms with Gasteiger partial charge in [-0.05, 0) is 32.3 Å². The van der Waals surface area contributed by atoms with Crippen LogP contribution in [0.5, 0.6) is 0 Å². The lowest BCUT2D eigenvalue weighted by Gasteiger charge is -2.16. The maximum Gasteiger partial charge on any atom is 0.163 e. The zero-order valence-electron chi connectivity index (χ0n) is 9.34. The van der Waals surface area contributed by atoms with E-state index in [4.69, 9.17) is 0 Å². The van der Waals surface area contributed by atoms with E-state index in [0.29, 0.717) is 12.2 Å². The summed E-state index contributed by atoms with van der Waals surface area (Å²) in [6.45, 7) is 4.14. The molecule has 78 valence electrons. The van der Waals surface area contributed by atoms with Gasteiger partial charge < -0.3 is 0 Å². The molecule has 1 heteroatoms. The van der Waals surface area contributed by atoms with Gasteiger partial charge in [-0.1, -0.05) is 35.4 Å². The van der Waals surface area contributed by atoms with Crippen molar-refractivity contribution in [2.24, 2.45) is 0 Å². The van der Waals surface area contributed by atoms with E-state index in [9.17, 15) is 4.79 Å². The highest BCUT2D eigenvalue weighted by molar-refractivity contribution is 6.22. The van der Waals surface area contributed by atoms with Gasteiger partial charge in [0.15, 0.2) is 5.78 Å². The van der Waals surface area contributed by atoms with E-state index in [1.807, 2.05) is 0 Å². The fourth-order valence-electron chi connectivity index (χ4n) is 2.13. The Kier molecular flexibility index (Phi) is 2.72. The third kappa shape index (κ3) is 2.01. The highest BCUT2D eigenvalue weighted by Gasteiger charge is 2.18. The van der Waals surface area contributed by atoms with Crippen LogP contribution >= 0.6 is 0 Å². The SMILES string of the molecule is CC1=C(c2ccc(C)cc2)C(=O)CCC1. The Hall–Kier alpha value is -1.37. The topological polar surface area (TPSA) is 17.1 Å². The van der Waals surface area contributed by atoms with Crippen molar-refractivity contribution in [3.05, 3.63) is 41.0 Å². The second-order valence-corrected chi connectivity index (χ2v) is 4.30. The van der Waals surface area contributed by atoms with E-state index < -0.39 is 0 Å². The molecule has 0 saturated carbocycles. The molecule has 15 heavy (non-hydrogen) atoms. The summed E-state index contributed by atoms with van der Waals surface area (Å²) in [5.74, 6) is 0.308. The van der Waals surface area contributed by atoms with E-state index in [1.54, 1.807) is 0 Å². The lowest BCUT2D eigenvalue weighted by atomic mass is 9.87. The summed E-state index contributed by atoms with van der Waals surface area (Å²) in [4.78, 5) is 11.8. The Morgan fingerprint density at radius 3 is 2.27 bits per heavy atom. The van der Waals surface area contributed by atoms with Gasteiger partial charge in [-0.3, -0.25) is 4.79 Å². The Balaban J connectivity index is 2.44. The molecule has 1 aromatic rings. The number of Topliss-reactive ketones (excluding diaryl/α,β-unsaturated/α-hetero) is 1. The van der Waals surface area contributed by atoms with Crippen LogP contribution in [0.3, 0.4) is 0 Å². The molecule has 0 saturated heterocycles. The molecule has 0 amide bonds. The molecular formula is C14H16O. The predicted molar refractivity (Wildman–Crippen MR) is 62.6 cm³/mol. The van der Waals surface area contributed by atoms with Crippen LogP contribution in [-0.4, -0.2) is 5.78 Å². The van der Waals surface area contributed by atoms with Gasteiger partial charge in [0, 0.05) is 12.0 Å². The minimum absolute atomic E-state index is 0.308.